The molecule has 0 saturated carbocycles. The molecule has 0 aromatic carbocycles. The standard InChI is InChI=1S/C15H22O6/c1-6-9-8(21-13(6)18)5-15(3,20)10-7(16)4-14(2,19)11(10)12(9)17/h6-9,12,16-17,19-20H,4-5H2,1-3H3/t6-,7-,8+,9+,12+,14-,15+/m0/s1. The van der Waals surface area contributed by atoms with E-state index in [1.165, 1.54) is 13.8 Å². The van der Waals surface area contributed by atoms with Crippen LogP contribution in [-0.2, 0) is 9.53 Å². The van der Waals surface area contributed by atoms with Gasteiger partial charge in [0.1, 0.15) is 6.10 Å². The van der Waals surface area contributed by atoms with Crippen LogP contribution in [0.15, 0.2) is 11.1 Å². The van der Waals surface area contributed by atoms with Gasteiger partial charge in [0.2, 0.25) is 0 Å². The first-order valence-corrected chi connectivity index (χ1v) is 7.32. The normalized spacial score (nSPS) is 53.3. The van der Waals surface area contributed by atoms with Gasteiger partial charge in [-0.05, 0) is 25.0 Å². The molecule has 1 fully saturated rings. The largest absolute Gasteiger partial charge is 0.462 e. The zero-order valence-corrected chi connectivity index (χ0v) is 12.4. The summed E-state index contributed by atoms with van der Waals surface area (Å²) in [4.78, 5) is 11.8. The molecule has 1 heterocycles. The molecule has 21 heavy (non-hydrogen) atoms. The van der Waals surface area contributed by atoms with Gasteiger partial charge in [0, 0.05) is 18.8 Å². The van der Waals surface area contributed by atoms with Crippen LogP contribution in [0.25, 0.3) is 0 Å². The maximum atomic E-state index is 11.8. The lowest BCUT2D eigenvalue weighted by molar-refractivity contribution is -0.145. The second-order valence-corrected chi connectivity index (χ2v) is 7.09. The Hall–Kier alpha value is -0.950. The molecule has 7 atom stereocenters. The number of hydrogen-bond acceptors (Lipinski definition) is 6. The highest BCUT2D eigenvalue weighted by Crippen LogP contribution is 2.51. The molecule has 0 bridgehead atoms. The molecule has 118 valence electrons. The average molecular weight is 298 g/mol. The van der Waals surface area contributed by atoms with Gasteiger partial charge in [-0.15, -0.1) is 0 Å². The van der Waals surface area contributed by atoms with Gasteiger partial charge in [0.15, 0.2) is 0 Å². The predicted octanol–water partition coefficient (Wildman–Crippen LogP) is -0.508. The van der Waals surface area contributed by atoms with Crippen molar-refractivity contribution in [2.45, 2.75) is 63.1 Å². The number of carbonyl (C=O) groups excluding carboxylic acids is 1. The molecule has 3 rings (SSSR count). The second-order valence-electron chi connectivity index (χ2n) is 7.09. The fraction of sp³-hybridized carbons (Fsp3) is 0.800. The molecule has 6 heteroatoms. The summed E-state index contributed by atoms with van der Waals surface area (Å²) in [5.41, 5.74) is -2.31. The summed E-state index contributed by atoms with van der Waals surface area (Å²) >= 11 is 0. The van der Waals surface area contributed by atoms with Gasteiger partial charge in [-0.25, -0.2) is 0 Å². The van der Waals surface area contributed by atoms with Crippen molar-refractivity contribution >= 4 is 5.97 Å². The van der Waals surface area contributed by atoms with E-state index in [4.69, 9.17) is 4.74 Å². The molecule has 0 aromatic heterocycles. The molecule has 4 N–H and O–H groups in total. The summed E-state index contributed by atoms with van der Waals surface area (Å²) in [5, 5.41) is 42.2. The quantitative estimate of drug-likeness (QED) is 0.354. The van der Waals surface area contributed by atoms with E-state index in [1.54, 1.807) is 6.92 Å². The molecule has 3 aliphatic rings. The average Bonchev–Trinajstić information content (AvgIpc) is 2.68. The molecule has 0 amide bonds. The Morgan fingerprint density at radius 3 is 2.29 bits per heavy atom. The van der Waals surface area contributed by atoms with E-state index in [1.807, 2.05) is 0 Å². The molecular formula is C15H22O6. The minimum Gasteiger partial charge on any atom is -0.462 e. The first kappa shape index (κ1) is 15.0. The number of hydrogen-bond donors (Lipinski definition) is 4. The number of esters is 1. The minimum absolute atomic E-state index is 0.0332. The first-order valence-electron chi connectivity index (χ1n) is 7.32. The topological polar surface area (TPSA) is 107 Å². The van der Waals surface area contributed by atoms with Crippen LogP contribution in [-0.4, -0.2) is 55.9 Å². The van der Waals surface area contributed by atoms with Gasteiger partial charge in [-0.3, -0.25) is 4.79 Å². The third-order valence-electron chi connectivity index (χ3n) is 5.28. The van der Waals surface area contributed by atoms with Crippen molar-refractivity contribution in [3.05, 3.63) is 11.1 Å². The summed E-state index contributed by atoms with van der Waals surface area (Å²) < 4.78 is 5.28. The van der Waals surface area contributed by atoms with Crippen molar-refractivity contribution in [2.24, 2.45) is 11.8 Å². The predicted molar refractivity (Wildman–Crippen MR) is 72.1 cm³/mol. The number of aliphatic hydroxyl groups is 4. The Balaban J connectivity index is 2.15. The molecule has 1 saturated heterocycles. The summed E-state index contributed by atoms with van der Waals surface area (Å²) in [6, 6.07) is 0. The number of fused-ring (bicyclic) bond motifs is 1. The van der Waals surface area contributed by atoms with Crippen molar-refractivity contribution in [3.8, 4) is 0 Å². The van der Waals surface area contributed by atoms with Gasteiger partial charge in [0.05, 0.1) is 29.3 Å². The van der Waals surface area contributed by atoms with Gasteiger partial charge < -0.3 is 25.2 Å². The molecule has 0 unspecified atom stereocenters. The van der Waals surface area contributed by atoms with Gasteiger partial charge in [-0.1, -0.05) is 6.92 Å². The second kappa shape index (κ2) is 4.29. The molecule has 0 aromatic rings. The zero-order chi connectivity index (χ0) is 15.7. The number of ether oxygens (including phenoxy) is 1. The Morgan fingerprint density at radius 1 is 1.10 bits per heavy atom. The molecule has 2 aliphatic carbocycles. The Morgan fingerprint density at radius 2 is 1.67 bits per heavy atom. The van der Waals surface area contributed by atoms with E-state index in [9.17, 15) is 25.2 Å². The van der Waals surface area contributed by atoms with Crippen LogP contribution in [0.5, 0.6) is 0 Å². The maximum absolute atomic E-state index is 11.8. The van der Waals surface area contributed by atoms with Crippen LogP contribution in [0.1, 0.15) is 33.6 Å². The summed E-state index contributed by atoms with van der Waals surface area (Å²) in [6.07, 6.45) is -2.61. The van der Waals surface area contributed by atoms with Crippen molar-refractivity contribution in [2.75, 3.05) is 0 Å². The van der Waals surface area contributed by atoms with Crippen LogP contribution in [0.2, 0.25) is 0 Å². The molecule has 1 aliphatic heterocycles. The first-order chi connectivity index (χ1) is 9.56. The maximum Gasteiger partial charge on any atom is 0.309 e. The molecule has 6 nitrogen and oxygen atoms in total. The summed E-state index contributed by atoms with van der Waals surface area (Å²) in [6.45, 7) is 4.72. The smallest absolute Gasteiger partial charge is 0.309 e. The number of rotatable bonds is 0. The van der Waals surface area contributed by atoms with Crippen molar-refractivity contribution in [3.63, 3.8) is 0 Å². The lowest BCUT2D eigenvalue weighted by Crippen LogP contribution is -2.40. The highest BCUT2D eigenvalue weighted by molar-refractivity contribution is 5.75. The molecular weight excluding hydrogens is 276 g/mol. The van der Waals surface area contributed by atoms with Gasteiger partial charge >= 0.3 is 5.97 Å². The highest BCUT2D eigenvalue weighted by atomic mass is 16.6. The van der Waals surface area contributed by atoms with E-state index in [2.05, 4.69) is 0 Å². The van der Waals surface area contributed by atoms with E-state index in [0.717, 1.165) is 0 Å². The zero-order valence-electron chi connectivity index (χ0n) is 12.4. The fourth-order valence-corrected chi connectivity index (χ4v) is 4.35. The Labute approximate surface area is 123 Å². The number of aliphatic hydroxyl groups excluding tert-OH is 2. The Kier molecular flexibility index (Phi) is 3.05. The Bertz CT molecular complexity index is 520. The summed E-state index contributed by atoms with van der Waals surface area (Å²) in [5.74, 6) is -1.43. The van der Waals surface area contributed by atoms with E-state index in [0.29, 0.717) is 0 Å². The monoisotopic (exact) mass is 298 g/mol. The van der Waals surface area contributed by atoms with Gasteiger partial charge in [-0.2, -0.15) is 0 Å². The van der Waals surface area contributed by atoms with E-state index < -0.39 is 47.3 Å². The fourth-order valence-electron chi connectivity index (χ4n) is 4.35. The number of carbonyl (C=O) groups is 1. The summed E-state index contributed by atoms with van der Waals surface area (Å²) in [7, 11) is 0. The molecule has 0 radical (unpaired) electrons. The van der Waals surface area contributed by atoms with Crippen LogP contribution in [0.4, 0.5) is 0 Å². The third-order valence-corrected chi connectivity index (χ3v) is 5.28. The SMILES string of the molecule is C[C@@H]1C(=O)O[C@@H]2C[C@@](C)(O)C3=C([C@H](O)[C@H]12)[C@@](C)(O)C[C@@H]3O. The molecule has 0 spiro atoms. The van der Waals surface area contributed by atoms with Crippen LogP contribution >= 0.6 is 0 Å². The van der Waals surface area contributed by atoms with Crippen LogP contribution in [0.3, 0.4) is 0 Å². The van der Waals surface area contributed by atoms with E-state index in [-0.39, 0.29) is 24.0 Å². The van der Waals surface area contributed by atoms with Crippen LogP contribution in [0, 0.1) is 11.8 Å². The van der Waals surface area contributed by atoms with Crippen molar-refractivity contribution in [1.29, 1.82) is 0 Å². The third kappa shape index (κ3) is 1.97. The van der Waals surface area contributed by atoms with Gasteiger partial charge in [0.25, 0.3) is 0 Å². The van der Waals surface area contributed by atoms with E-state index >= 15 is 0 Å². The van der Waals surface area contributed by atoms with Crippen molar-refractivity contribution < 1.29 is 30.0 Å². The lowest BCUT2D eigenvalue weighted by Gasteiger charge is -2.30. The lowest BCUT2D eigenvalue weighted by atomic mass is 9.80. The minimum atomic E-state index is -1.43. The highest BCUT2D eigenvalue weighted by Gasteiger charge is 2.58. The van der Waals surface area contributed by atoms with Crippen molar-refractivity contribution in [1.82, 2.24) is 0 Å². The van der Waals surface area contributed by atoms with Crippen LogP contribution < -0.4 is 0 Å².